The number of nitrogens with two attached hydrogens (primary N) is 1. The normalized spacial score (nSPS) is 10.0. The monoisotopic (exact) mass is 384 g/mol. The van der Waals surface area contributed by atoms with E-state index in [1.54, 1.807) is 6.07 Å². The van der Waals surface area contributed by atoms with Crippen molar-refractivity contribution in [1.29, 1.82) is 0 Å². The van der Waals surface area contributed by atoms with Gasteiger partial charge >= 0.3 is 0 Å². The minimum Gasteiger partial charge on any atom is -0.397 e. The molecule has 0 fully saturated rings. The van der Waals surface area contributed by atoms with Crippen LogP contribution >= 0.6 is 47.8 Å². The fraction of sp³-hybridized carbons (Fsp3) is 0.125. The van der Waals surface area contributed by atoms with Gasteiger partial charge in [0.2, 0.25) is 5.91 Å². The predicted molar refractivity (Wildman–Crippen MR) is 68.3 cm³/mol. The molecule has 0 bridgehead atoms. The molecule has 76 valence electrons. The highest BCUT2D eigenvalue weighted by molar-refractivity contribution is 9.11. The van der Waals surface area contributed by atoms with Crippen molar-refractivity contribution in [3.05, 3.63) is 19.5 Å². The van der Waals surface area contributed by atoms with Crippen LogP contribution in [-0.4, -0.2) is 5.91 Å². The molecule has 0 atom stereocenters. The first-order chi connectivity index (χ1) is 6.43. The van der Waals surface area contributed by atoms with Gasteiger partial charge in [0.25, 0.3) is 0 Å². The van der Waals surface area contributed by atoms with Crippen molar-refractivity contribution in [3.63, 3.8) is 0 Å². The van der Waals surface area contributed by atoms with E-state index in [0.29, 0.717) is 15.8 Å². The van der Waals surface area contributed by atoms with Gasteiger partial charge in [0.05, 0.1) is 15.8 Å². The molecule has 0 aliphatic rings. The zero-order valence-corrected chi connectivity index (χ0v) is 12.0. The highest BCUT2D eigenvalue weighted by Crippen LogP contribution is 2.40. The summed E-state index contributed by atoms with van der Waals surface area (Å²) in [6, 6.07) is 1.78. The summed E-state index contributed by atoms with van der Waals surface area (Å²) in [5, 5.41) is 2.68. The first kappa shape index (κ1) is 12.0. The number of hydrogen-bond acceptors (Lipinski definition) is 2. The number of rotatable bonds is 1. The molecule has 1 rings (SSSR count). The molecule has 1 aromatic rings. The summed E-state index contributed by atoms with van der Waals surface area (Å²) in [6.45, 7) is 1.44. The van der Waals surface area contributed by atoms with Crippen molar-refractivity contribution in [3.8, 4) is 0 Å². The summed E-state index contributed by atoms with van der Waals surface area (Å²) >= 11 is 9.94. The third-order valence-electron chi connectivity index (χ3n) is 1.51. The molecule has 3 nitrogen and oxygen atoms in total. The lowest BCUT2D eigenvalue weighted by Crippen LogP contribution is -2.08. The van der Waals surface area contributed by atoms with E-state index in [9.17, 15) is 4.79 Å². The van der Waals surface area contributed by atoms with E-state index in [2.05, 4.69) is 53.1 Å². The molecule has 0 saturated heterocycles. The number of nitrogen functional groups attached to an aromatic ring is 1. The minimum absolute atomic E-state index is 0.145. The fourth-order valence-corrected chi connectivity index (χ4v) is 3.22. The number of carbonyl (C=O) groups excluding carboxylic acids is 1. The van der Waals surface area contributed by atoms with Crippen LogP contribution in [0.5, 0.6) is 0 Å². The van der Waals surface area contributed by atoms with Gasteiger partial charge in [-0.15, -0.1) is 0 Å². The Bertz CT molecular complexity index is 393. The van der Waals surface area contributed by atoms with Crippen molar-refractivity contribution in [2.24, 2.45) is 0 Å². The molecular formula is C8H7Br3N2O. The topological polar surface area (TPSA) is 55.1 Å². The van der Waals surface area contributed by atoms with Crippen LogP contribution in [0.1, 0.15) is 6.92 Å². The van der Waals surface area contributed by atoms with Gasteiger partial charge < -0.3 is 11.1 Å². The Balaban J connectivity index is 3.29. The molecule has 0 heterocycles. The maximum atomic E-state index is 10.9. The fourth-order valence-electron chi connectivity index (χ4n) is 0.896. The van der Waals surface area contributed by atoms with E-state index < -0.39 is 0 Å². The lowest BCUT2D eigenvalue weighted by atomic mass is 10.3. The summed E-state index contributed by atoms with van der Waals surface area (Å²) in [5.74, 6) is -0.145. The molecule has 3 N–H and O–H groups in total. The standard InChI is InChI=1S/C8H7Br3N2O/c1-3(14)13-8-5(10)2-4(9)7(12)6(8)11/h2H,12H2,1H3,(H,13,14). The average molecular weight is 387 g/mol. The number of anilines is 2. The molecule has 0 radical (unpaired) electrons. The summed E-state index contributed by atoms with van der Waals surface area (Å²) in [5.41, 5.74) is 6.95. The minimum atomic E-state index is -0.145. The number of benzene rings is 1. The quantitative estimate of drug-likeness (QED) is 0.725. The first-order valence-corrected chi connectivity index (χ1v) is 6.02. The number of nitrogens with one attached hydrogen (secondary N) is 1. The van der Waals surface area contributed by atoms with E-state index in [1.807, 2.05) is 0 Å². The van der Waals surface area contributed by atoms with Gasteiger partial charge in [-0.2, -0.15) is 0 Å². The first-order valence-electron chi connectivity index (χ1n) is 3.64. The molecule has 0 aliphatic carbocycles. The lowest BCUT2D eigenvalue weighted by Gasteiger charge is -2.11. The second kappa shape index (κ2) is 4.63. The number of amides is 1. The van der Waals surface area contributed by atoms with E-state index in [0.717, 1.165) is 8.95 Å². The van der Waals surface area contributed by atoms with E-state index in [1.165, 1.54) is 6.92 Å². The molecule has 0 unspecified atom stereocenters. The predicted octanol–water partition coefficient (Wildman–Crippen LogP) is 3.51. The second-order valence-electron chi connectivity index (χ2n) is 2.62. The van der Waals surface area contributed by atoms with Gasteiger partial charge in [0.1, 0.15) is 0 Å². The van der Waals surface area contributed by atoms with Crippen LogP contribution in [0, 0.1) is 0 Å². The molecule has 0 spiro atoms. The number of carbonyl (C=O) groups is 1. The van der Waals surface area contributed by atoms with Crippen LogP contribution in [0.25, 0.3) is 0 Å². The summed E-state index contributed by atoms with van der Waals surface area (Å²) in [6.07, 6.45) is 0. The van der Waals surface area contributed by atoms with Crippen LogP contribution in [0.15, 0.2) is 19.5 Å². The molecule has 0 aliphatic heterocycles. The second-order valence-corrected chi connectivity index (χ2v) is 5.13. The Hall–Kier alpha value is -0.0700. The number of halogens is 3. The van der Waals surface area contributed by atoms with E-state index in [-0.39, 0.29) is 5.91 Å². The summed E-state index contributed by atoms with van der Waals surface area (Å²) in [4.78, 5) is 10.9. The largest absolute Gasteiger partial charge is 0.397 e. The Labute approximate surface area is 107 Å². The maximum absolute atomic E-state index is 10.9. The highest BCUT2D eigenvalue weighted by Gasteiger charge is 2.12. The van der Waals surface area contributed by atoms with Gasteiger partial charge in [0.15, 0.2) is 0 Å². The zero-order chi connectivity index (χ0) is 10.9. The molecule has 0 aromatic heterocycles. The highest BCUT2D eigenvalue weighted by atomic mass is 79.9. The summed E-state index contributed by atoms with van der Waals surface area (Å²) < 4.78 is 2.19. The van der Waals surface area contributed by atoms with Crippen LogP contribution < -0.4 is 11.1 Å². The molecule has 14 heavy (non-hydrogen) atoms. The Morgan fingerprint density at radius 2 is 1.93 bits per heavy atom. The molecule has 1 aromatic carbocycles. The lowest BCUT2D eigenvalue weighted by molar-refractivity contribution is -0.114. The van der Waals surface area contributed by atoms with E-state index in [4.69, 9.17) is 5.73 Å². The van der Waals surface area contributed by atoms with Crippen molar-refractivity contribution < 1.29 is 4.79 Å². The van der Waals surface area contributed by atoms with Gasteiger partial charge in [0, 0.05) is 15.9 Å². The smallest absolute Gasteiger partial charge is 0.221 e. The third kappa shape index (κ3) is 2.49. The van der Waals surface area contributed by atoms with Crippen LogP contribution in [0.3, 0.4) is 0 Å². The van der Waals surface area contributed by atoms with Gasteiger partial charge in [-0.3, -0.25) is 4.79 Å². The van der Waals surface area contributed by atoms with Crippen molar-refractivity contribution in [2.75, 3.05) is 11.1 Å². The van der Waals surface area contributed by atoms with Crippen molar-refractivity contribution >= 4 is 65.1 Å². The Morgan fingerprint density at radius 1 is 1.36 bits per heavy atom. The molecular weight excluding hydrogens is 380 g/mol. The molecule has 1 amide bonds. The van der Waals surface area contributed by atoms with Crippen LogP contribution in [0.2, 0.25) is 0 Å². The molecule has 6 heteroatoms. The van der Waals surface area contributed by atoms with Gasteiger partial charge in [-0.05, 0) is 53.9 Å². The Kier molecular flexibility index (Phi) is 3.97. The SMILES string of the molecule is CC(=O)Nc1c(Br)cc(Br)c(N)c1Br. The Morgan fingerprint density at radius 3 is 2.43 bits per heavy atom. The van der Waals surface area contributed by atoms with Crippen LogP contribution in [0.4, 0.5) is 11.4 Å². The van der Waals surface area contributed by atoms with E-state index >= 15 is 0 Å². The number of hydrogen-bond donors (Lipinski definition) is 2. The molecule has 0 saturated carbocycles. The zero-order valence-electron chi connectivity index (χ0n) is 7.20. The van der Waals surface area contributed by atoms with Gasteiger partial charge in [-0.25, -0.2) is 0 Å². The van der Waals surface area contributed by atoms with Crippen molar-refractivity contribution in [2.45, 2.75) is 6.92 Å². The van der Waals surface area contributed by atoms with Gasteiger partial charge in [-0.1, -0.05) is 0 Å². The van der Waals surface area contributed by atoms with Crippen molar-refractivity contribution in [1.82, 2.24) is 0 Å². The summed E-state index contributed by atoms with van der Waals surface area (Å²) in [7, 11) is 0. The average Bonchev–Trinajstić information content (AvgIpc) is 2.09. The third-order valence-corrected chi connectivity index (χ3v) is 3.61. The van der Waals surface area contributed by atoms with Crippen LogP contribution in [-0.2, 0) is 4.79 Å². The maximum Gasteiger partial charge on any atom is 0.221 e.